The van der Waals surface area contributed by atoms with Gasteiger partial charge < -0.3 is 15.2 Å². The van der Waals surface area contributed by atoms with Crippen LogP contribution < -0.4 is 0 Å². The maximum absolute atomic E-state index is 9.55. The normalized spacial score (nSPS) is 22.0. The number of aliphatic carboxylic acids is 2. The molecule has 1 saturated heterocycles. The van der Waals surface area contributed by atoms with Crippen molar-refractivity contribution in [2.75, 3.05) is 13.1 Å². The van der Waals surface area contributed by atoms with E-state index in [9.17, 15) is 9.59 Å². The molecule has 2 aromatic heterocycles. The molecule has 2 aliphatic rings. The number of aromatic nitrogens is 4. The van der Waals surface area contributed by atoms with Crippen molar-refractivity contribution in [3.63, 3.8) is 0 Å². The molecule has 0 saturated carbocycles. The second-order valence-corrected chi connectivity index (χ2v) is 8.69. The second-order valence-electron chi connectivity index (χ2n) is 8.69. The van der Waals surface area contributed by atoms with Crippen molar-refractivity contribution in [2.45, 2.75) is 44.7 Å². The van der Waals surface area contributed by atoms with Crippen molar-refractivity contribution >= 4 is 22.8 Å². The van der Waals surface area contributed by atoms with Crippen molar-refractivity contribution in [3.8, 4) is 0 Å². The molecule has 5 rings (SSSR count). The molecule has 0 spiro atoms. The zero-order valence-electron chi connectivity index (χ0n) is 18.6. The lowest BCUT2D eigenvalue weighted by molar-refractivity contribution is -0.134. The molecular weight excluding hydrogens is 422 g/mol. The van der Waals surface area contributed by atoms with Crippen LogP contribution in [-0.4, -0.2) is 65.9 Å². The van der Waals surface area contributed by atoms with Gasteiger partial charge in [0.2, 0.25) is 0 Å². The zero-order valence-corrected chi connectivity index (χ0v) is 18.6. The van der Waals surface area contributed by atoms with Gasteiger partial charge in [0.25, 0.3) is 0 Å². The molecule has 174 valence electrons. The predicted molar refractivity (Wildman–Crippen MR) is 123 cm³/mol. The number of aromatic amines is 1. The molecule has 0 unspecified atom stereocenters. The highest BCUT2D eigenvalue weighted by molar-refractivity contribution is 5.89. The van der Waals surface area contributed by atoms with E-state index in [0.29, 0.717) is 30.0 Å². The lowest BCUT2D eigenvalue weighted by atomic mass is 9.72. The standard InChI is InChI=1S/C20H25N5.C4H4O4/c1-2-6-24-10-14(11-25-13-21-12-23-25)7-17-16-4-3-5-18-20(16)15(9-22-18)8-19(17)24;5-3(6)1-2-4(7)8/h3-5,9,12-14,17,19,22H,2,6-8,10-11H2,1H3;1-2H,(H,5,6)(H,7,8)/b;2-1-/t14-,17-,19-;/m1./s1. The van der Waals surface area contributed by atoms with Gasteiger partial charge in [0.15, 0.2) is 0 Å². The number of nitrogens with one attached hydrogen (secondary N) is 1. The fourth-order valence-electron chi connectivity index (χ4n) is 5.31. The first-order valence-electron chi connectivity index (χ1n) is 11.3. The van der Waals surface area contributed by atoms with Gasteiger partial charge in [-0.2, -0.15) is 5.10 Å². The Hall–Kier alpha value is -3.46. The number of H-pyrrole nitrogens is 1. The van der Waals surface area contributed by atoms with E-state index in [2.05, 4.69) is 51.3 Å². The van der Waals surface area contributed by atoms with E-state index in [4.69, 9.17) is 10.2 Å². The molecule has 3 heterocycles. The molecule has 1 aliphatic carbocycles. The monoisotopic (exact) mass is 451 g/mol. The Morgan fingerprint density at radius 1 is 1.24 bits per heavy atom. The maximum atomic E-state index is 9.55. The van der Waals surface area contributed by atoms with Crippen LogP contribution in [0.5, 0.6) is 0 Å². The molecule has 9 nitrogen and oxygen atoms in total. The number of carboxylic acid groups (broad SMARTS) is 2. The topological polar surface area (TPSA) is 124 Å². The SMILES string of the molecule is CCCN1C[C@H](Cn2cncn2)C[C@@H]2c3cccc4[nH]cc(c34)C[C@H]21.O=C(O)/C=C\C(=O)O. The maximum Gasteiger partial charge on any atom is 0.328 e. The van der Waals surface area contributed by atoms with Gasteiger partial charge in [-0.15, -0.1) is 0 Å². The van der Waals surface area contributed by atoms with Crippen LogP contribution in [0.4, 0.5) is 0 Å². The van der Waals surface area contributed by atoms with Crippen LogP contribution >= 0.6 is 0 Å². The number of carboxylic acids is 2. The predicted octanol–water partition coefficient (Wildman–Crippen LogP) is 2.91. The summed E-state index contributed by atoms with van der Waals surface area (Å²) in [4.78, 5) is 29.4. The fourth-order valence-corrected chi connectivity index (χ4v) is 5.31. The number of hydrogen-bond acceptors (Lipinski definition) is 5. The van der Waals surface area contributed by atoms with E-state index in [1.807, 2.05) is 11.0 Å². The number of rotatable bonds is 6. The summed E-state index contributed by atoms with van der Waals surface area (Å²) in [7, 11) is 0. The third-order valence-corrected chi connectivity index (χ3v) is 6.45. The number of likely N-dealkylation sites (tertiary alicyclic amines) is 1. The molecule has 0 amide bonds. The van der Waals surface area contributed by atoms with Gasteiger partial charge in [-0.25, -0.2) is 14.6 Å². The zero-order chi connectivity index (χ0) is 23.4. The lowest BCUT2D eigenvalue weighted by Crippen LogP contribution is -2.50. The van der Waals surface area contributed by atoms with Crippen molar-refractivity contribution in [1.82, 2.24) is 24.6 Å². The largest absolute Gasteiger partial charge is 0.478 e. The van der Waals surface area contributed by atoms with E-state index in [1.54, 1.807) is 11.9 Å². The van der Waals surface area contributed by atoms with Crippen LogP contribution in [0.3, 0.4) is 0 Å². The summed E-state index contributed by atoms with van der Waals surface area (Å²) in [6, 6.07) is 7.42. The molecule has 3 aromatic rings. The highest BCUT2D eigenvalue weighted by Crippen LogP contribution is 2.44. The van der Waals surface area contributed by atoms with Crippen molar-refractivity contribution in [3.05, 3.63) is 60.3 Å². The highest BCUT2D eigenvalue weighted by Gasteiger charge is 2.40. The van der Waals surface area contributed by atoms with Gasteiger partial charge in [-0.1, -0.05) is 19.1 Å². The van der Waals surface area contributed by atoms with Gasteiger partial charge in [0.05, 0.1) is 0 Å². The minimum absolute atomic E-state index is 0.558. The van der Waals surface area contributed by atoms with E-state index >= 15 is 0 Å². The third-order valence-electron chi connectivity index (χ3n) is 6.45. The van der Waals surface area contributed by atoms with Crippen LogP contribution in [0.1, 0.15) is 36.8 Å². The van der Waals surface area contributed by atoms with Gasteiger partial charge in [-0.05, 0) is 48.9 Å². The molecule has 1 fully saturated rings. The summed E-state index contributed by atoms with van der Waals surface area (Å²) in [6.45, 7) is 5.62. The third kappa shape index (κ3) is 5.14. The van der Waals surface area contributed by atoms with Crippen molar-refractivity contribution in [2.24, 2.45) is 5.92 Å². The van der Waals surface area contributed by atoms with E-state index < -0.39 is 11.9 Å². The molecule has 33 heavy (non-hydrogen) atoms. The minimum Gasteiger partial charge on any atom is -0.478 e. The number of nitrogens with zero attached hydrogens (tertiary/aromatic N) is 4. The Labute approximate surface area is 191 Å². The molecule has 3 N–H and O–H groups in total. The quantitative estimate of drug-likeness (QED) is 0.492. The Balaban J connectivity index is 0.000000281. The van der Waals surface area contributed by atoms with Gasteiger partial charge in [-0.3, -0.25) is 9.58 Å². The molecule has 1 aliphatic heterocycles. The van der Waals surface area contributed by atoms with Crippen molar-refractivity contribution in [1.29, 1.82) is 0 Å². The lowest BCUT2D eigenvalue weighted by Gasteiger charge is -2.47. The summed E-state index contributed by atoms with van der Waals surface area (Å²) in [5, 5.41) is 21.4. The van der Waals surface area contributed by atoms with Crippen LogP contribution in [-0.2, 0) is 22.6 Å². The molecular formula is C24H29N5O4. The van der Waals surface area contributed by atoms with Gasteiger partial charge in [0.1, 0.15) is 12.7 Å². The summed E-state index contributed by atoms with van der Waals surface area (Å²) >= 11 is 0. The first-order valence-corrected chi connectivity index (χ1v) is 11.3. The van der Waals surface area contributed by atoms with E-state index in [1.165, 1.54) is 48.8 Å². The van der Waals surface area contributed by atoms with Crippen LogP contribution in [0.2, 0.25) is 0 Å². The number of hydrogen-bond donors (Lipinski definition) is 3. The van der Waals surface area contributed by atoms with Crippen molar-refractivity contribution < 1.29 is 19.8 Å². The molecule has 9 heteroatoms. The van der Waals surface area contributed by atoms with E-state index in [-0.39, 0.29) is 0 Å². The first kappa shape index (κ1) is 22.7. The number of fused-ring (bicyclic) bond motifs is 2. The summed E-state index contributed by atoms with van der Waals surface area (Å²) in [5.41, 5.74) is 4.35. The summed E-state index contributed by atoms with van der Waals surface area (Å²) < 4.78 is 2.00. The van der Waals surface area contributed by atoms with E-state index in [0.717, 1.165) is 6.54 Å². The number of benzene rings is 1. The molecule has 0 radical (unpaired) electrons. The summed E-state index contributed by atoms with van der Waals surface area (Å²) in [5.74, 6) is -1.26. The number of piperidine rings is 1. The summed E-state index contributed by atoms with van der Waals surface area (Å²) in [6.07, 6.45) is 10.5. The average Bonchev–Trinajstić information content (AvgIpc) is 3.45. The number of carbonyl (C=O) groups is 2. The highest BCUT2D eigenvalue weighted by atomic mass is 16.4. The molecule has 3 atom stereocenters. The molecule has 1 aromatic carbocycles. The Morgan fingerprint density at radius 3 is 2.70 bits per heavy atom. The average molecular weight is 452 g/mol. The Bertz CT molecular complexity index is 1120. The van der Waals surface area contributed by atoms with Crippen LogP contribution in [0, 0.1) is 5.92 Å². The van der Waals surface area contributed by atoms with Gasteiger partial charge >= 0.3 is 11.9 Å². The fraction of sp³-hybridized carbons (Fsp3) is 0.417. The first-order chi connectivity index (χ1) is 16.0. The minimum atomic E-state index is -1.26. The second kappa shape index (κ2) is 9.99. The Kier molecular flexibility index (Phi) is 6.88. The van der Waals surface area contributed by atoms with Gasteiger partial charge in [0, 0.05) is 54.3 Å². The van der Waals surface area contributed by atoms with Crippen LogP contribution in [0.25, 0.3) is 10.9 Å². The smallest absolute Gasteiger partial charge is 0.328 e. The Morgan fingerprint density at radius 2 is 2.03 bits per heavy atom. The van der Waals surface area contributed by atoms with Crippen LogP contribution in [0.15, 0.2) is 49.2 Å². The molecule has 0 bridgehead atoms.